The molecule has 1 aliphatic rings. The normalized spacial score (nSPS) is 25.4. The third kappa shape index (κ3) is 8.65. The molecule has 19 heavy (non-hydrogen) atoms. The van der Waals surface area contributed by atoms with E-state index in [9.17, 15) is 0 Å². The van der Waals surface area contributed by atoms with Gasteiger partial charge in [0.2, 0.25) is 0 Å². The maximum atomic E-state index is 5.88. The van der Waals surface area contributed by atoms with E-state index in [1.54, 1.807) is 0 Å². The van der Waals surface area contributed by atoms with Gasteiger partial charge in [-0.2, -0.15) is 0 Å². The Hall–Kier alpha value is -0.0800. The molecule has 3 unspecified atom stereocenters. The molecule has 114 valence electrons. The largest absolute Gasteiger partial charge is 0.377 e. The van der Waals surface area contributed by atoms with Gasteiger partial charge >= 0.3 is 0 Å². The van der Waals surface area contributed by atoms with Crippen LogP contribution >= 0.6 is 0 Å². The fourth-order valence-corrected chi connectivity index (χ4v) is 3.08. The van der Waals surface area contributed by atoms with E-state index >= 15 is 0 Å². The lowest BCUT2D eigenvalue weighted by atomic mass is 9.87. The predicted octanol–water partition coefficient (Wildman–Crippen LogP) is 4.53. The Bertz CT molecular complexity index is 207. The molecule has 0 heterocycles. The molecule has 1 rings (SSSR count). The zero-order valence-corrected chi connectivity index (χ0v) is 13.4. The minimum atomic E-state index is 0.434. The number of nitrogens with one attached hydrogen (secondary N) is 1. The van der Waals surface area contributed by atoms with Crippen molar-refractivity contribution in [2.45, 2.75) is 90.7 Å². The second-order valence-electron chi connectivity index (χ2n) is 6.45. The van der Waals surface area contributed by atoms with Gasteiger partial charge in [0, 0.05) is 12.6 Å². The zero-order chi connectivity index (χ0) is 13.9. The molecule has 1 fully saturated rings. The van der Waals surface area contributed by atoms with E-state index in [1.165, 1.54) is 57.8 Å². The van der Waals surface area contributed by atoms with Crippen LogP contribution in [0.1, 0.15) is 78.6 Å². The van der Waals surface area contributed by atoms with Crippen LogP contribution in [0.25, 0.3) is 0 Å². The molecule has 0 aromatic heterocycles. The number of hydrogen-bond acceptors (Lipinski definition) is 2. The molecule has 1 N–H and O–H groups in total. The van der Waals surface area contributed by atoms with Gasteiger partial charge in [0.1, 0.15) is 0 Å². The maximum Gasteiger partial charge on any atom is 0.0594 e. The minimum absolute atomic E-state index is 0.434. The summed E-state index contributed by atoms with van der Waals surface area (Å²) in [6, 6.07) is 0.743. The van der Waals surface area contributed by atoms with Crippen molar-refractivity contribution in [3.05, 3.63) is 0 Å². The van der Waals surface area contributed by atoms with Crippen LogP contribution in [0.4, 0.5) is 0 Å². The molecule has 1 saturated carbocycles. The quantitative estimate of drug-likeness (QED) is 0.588. The summed E-state index contributed by atoms with van der Waals surface area (Å²) in [6.07, 6.45) is 12.6. The molecule has 0 bridgehead atoms. The number of ether oxygens (including phenoxy) is 1. The summed E-state index contributed by atoms with van der Waals surface area (Å²) in [5.74, 6) is 0.907. The Labute approximate surface area is 120 Å². The van der Waals surface area contributed by atoms with Crippen LogP contribution in [0.3, 0.4) is 0 Å². The van der Waals surface area contributed by atoms with E-state index in [-0.39, 0.29) is 0 Å². The monoisotopic (exact) mass is 269 g/mol. The lowest BCUT2D eigenvalue weighted by Crippen LogP contribution is -2.36. The summed E-state index contributed by atoms with van der Waals surface area (Å²) in [5, 5.41) is 3.66. The highest BCUT2D eigenvalue weighted by atomic mass is 16.5. The van der Waals surface area contributed by atoms with E-state index in [1.807, 2.05) is 0 Å². The van der Waals surface area contributed by atoms with Gasteiger partial charge in [-0.1, -0.05) is 52.4 Å². The van der Waals surface area contributed by atoms with E-state index in [2.05, 4.69) is 26.1 Å². The molecule has 0 aromatic carbocycles. The molecule has 3 atom stereocenters. The first-order valence-electron chi connectivity index (χ1n) is 8.57. The van der Waals surface area contributed by atoms with Gasteiger partial charge < -0.3 is 10.1 Å². The zero-order valence-electron chi connectivity index (χ0n) is 13.4. The first-order chi connectivity index (χ1) is 9.22. The minimum Gasteiger partial charge on any atom is -0.377 e. The maximum absolute atomic E-state index is 5.88. The average Bonchev–Trinajstić information content (AvgIpc) is 2.40. The SMILES string of the molecule is CCCCCCC(C)OCCNC1CCCC(C)C1. The third-order valence-electron chi connectivity index (χ3n) is 4.34. The Morgan fingerprint density at radius 2 is 2.05 bits per heavy atom. The lowest BCUT2D eigenvalue weighted by Gasteiger charge is -2.27. The van der Waals surface area contributed by atoms with Gasteiger partial charge in [-0.25, -0.2) is 0 Å². The molecular weight excluding hydrogens is 234 g/mol. The van der Waals surface area contributed by atoms with E-state index < -0.39 is 0 Å². The standard InChI is InChI=1S/C17H35NO/c1-4-5-6-7-10-16(3)19-13-12-18-17-11-8-9-15(2)14-17/h15-18H,4-14H2,1-3H3. The predicted molar refractivity (Wildman–Crippen MR) is 83.6 cm³/mol. The number of rotatable bonds is 10. The Balaban J connectivity index is 1.91. The van der Waals surface area contributed by atoms with Crippen LogP contribution in [0, 0.1) is 5.92 Å². The first-order valence-corrected chi connectivity index (χ1v) is 8.57. The van der Waals surface area contributed by atoms with Crippen molar-refractivity contribution in [1.82, 2.24) is 5.32 Å². The van der Waals surface area contributed by atoms with Gasteiger partial charge in [0.15, 0.2) is 0 Å². The van der Waals surface area contributed by atoms with Crippen LogP contribution in [0.5, 0.6) is 0 Å². The Kier molecular flexibility index (Phi) is 9.54. The van der Waals surface area contributed by atoms with Gasteiger partial charge in [0.25, 0.3) is 0 Å². The fraction of sp³-hybridized carbons (Fsp3) is 1.00. The topological polar surface area (TPSA) is 21.3 Å². The van der Waals surface area contributed by atoms with Gasteiger partial charge in [-0.15, -0.1) is 0 Å². The smallest absolute Gasteiger partial charge is 0.0594 e. The molecule has 0 amide bonds. The summed E-state index contributed by atoms with van der Waals surface area (Å²) in [4.78, 5) is 0. The second-order valence-corrected chi connectivity index (χ2v) is 6.45. The summed E-state index contributed by atoms with van der Waals surface area (Å²) in [5.41, 5.74) is 0. The van der Waals surface area contributed by atoms with Gasteiger partial charge in [-0.3, -0.25) is 0 Å². The van der Waals surface area contributed by atoms with Crippen molar-refractivity contribution in [2.75, 3.05) is 13.2 Å². The highest BCUT2D eigenvalue weighted by Gasteiger charge is 2.17. The van der Waals surface area contributed by atoms with Crippen LogP contribution < -0.4 is 5.32 Å². The van der Waals surface area contributed by atoms with Gasteiger partial charge in [0.05, 0.1) is 12.7 Å². The van der Waals surface area contributed by atoms with E-state index in [0.717, 1.165) is 25.1 Å². The van der Waals surface area contributed by atoms with Crippen molar-refractivity contribution in [1.29, 1.82) is 0 Å². The molecule has 0 spiro atoms. The number of hydrogen-bond donors (Lipinski definition) is 1. The summed E-state index contributed by atoms with van der Waals surface area (Å²) < 4.78 is 5.88. The fourth-order valence-electron chi connectivity index (χ4n) is 3.08. The second kappa shape index (κ2) is 10.7. The van der Waals surface area contributed by atoms with Crippen LogP contribution in [-0.4, -0.2) is 25.3 Å². The molecule has 0 saturated heterocycles. The summed E-state index contributed by atoms with van der Waals surface area (Å²) in [7, 11) is 0. The molecule has 1 aliphatic carbocycles. The molecule has 2 heteroatoms. The van der Waals surface area contributed by atoms with E-state index in [0.29, 0.717) is 6.10 Å². The number of unbranched alkanes of at least 4 members (excludes halogenated alkanes) is 3. The van der Waals surface area contributed by atoms with Gasteiger partial charge in [-0.05, 0) is 32.1 Å². The van der Waals surface area contributed by atoms with Crippen molar-refractivity contribution in [3.8, 4) is 0 Å². The highest BCUT2D eigenvalue weighted by Crippen LogP contribution is 2.23. The third-order valence-corrected chi connectivity index (χ3v) is 4.34. The Morgan fingerprint density at radius 3 is 2.79 bits per heavy atom. The Morgan fingerprint density at radius 1 is 1.21 bits per heavy atom. The molecular formula is C17H35NO. The average molecular weight is 269 g/mol. The van der Waals surface area contributed by atoms with Crippen molar-refractivity contribution >= 4 is 0 Å². The highest BCUT2D eigenvalue weighted by molar-refractivity contribution is 4.75. The lowest BCUT2D eigenvalue weighted by molar-refractivity contribution is 0.0581. The van der Waals surface area contributed by atoms with Crippen molar-refractivity contribution in [2.24, 2.45) is 5.92 Å². The molecule has 0 aromatic rings. The van der Waals surface area contributed by atoms with E-state index in [4.69, 9.17) is 4.74 Å². The summed E-state index contributed by atoms with van der Waals surface area (Å²) in [6.45, 7) is 8.76. The summed E-state index contributed by atoms with van der Waals surface area (Å²) >= 11 is 0. The molecule has 0 radical (unpaired) electrons. The van der Waals surface area contributed by atoms with Crippen LogP contribution in [0.2, 0.25) is 0 Å². The first kappa shape index (κ1) is 17.0. The molecule has 2 nitrogen and oxygen atoms in total. The van der Waals surface area contributed by atoms with Crippen LogP contribution in [0.15, 0.2) is 0 Å². The van der Waals surface area contributed by atoms with Crippen molar-refractivity contribution in [3.63, 3.8) is 0 Å². The van der Waals surface area contributed by atoms with Crippen molar-refractivity contribution < 1.29 is 4.74 Å². The molecule has 0 aliphatic heterocycles. The van der Waals surface area contributed by atoms with Crippen LogP contribution in [-0.2, 0) is 4.74 Å².